The maximum atomic E-state index is 13.8. The van der Waals surface area contributed by atoms with E-state index in [4.69, 9.17) is 4.74 Å². The van der Waals surface area contributed by atoms with Crippen LogP contribution in [0.4, 0.5) is 5.82 Å². The standard InChI is InChI=1S/C23H25N7O3S/c1-27-6-8-29(9-7-27)26-22(32)19-20(31)15-14-18(28-10-12-33-13-11-28)24-25-21(15)30-16-4-2-3-5-17(16)34-23(19)30/h2-5,14H,6-13H2,1H3,(H,26,32). The van der Waals surface area contributed by atoms with Gasteiger partial charge in [0, 0.05) is 39.3 Å². The predicted molar refractivity (Wildman–Crippen MR) is 132 cm³/mol. The van der Waals surface area contributed by atoms with Crippen LogP contribution in [0.2, 0.25) is 0 Å². The Morgan fingerprint density at radius 3 is 2.62 bits per heavy atom. The Kier molecular flexibility index (Phi) is 5.41. The van der Waals surface area contributed by atoms with Crippen molar-refractivity contribution in [3.63, 3.8) is 0 Å². The van der Waals surface area contributed by atoms with Gasteiger partial charge in [0.15, 0.2) is 11.5 Å². The predicted octanol–water partition coefficient (Wildman–Crippen LogP) is 1.19. The molecule has 1 N–H and O–H groups in total. The number of amides is 1. The highest BCUT2D eigenvalue weighted by molar-refractivity contribution is 7.24. The van der Waals surface area contributed by atoms with E-state index in [2.05, 4.69) is 32.5 Å². The van der Waals surface area contributed by atoms with Crippen molar-refractivity contribution in [1.82, 2.24) is 29.9 Å². The highest BCUT2D eigenvalue weighted by Crippen LogP contribution is 2.31. The summed E-state index contributed by atoms with van der Waals surface area (Å²) in [5.41, 5.74) is 4.16. The topological polar surface area (TPSA) is 95.3 Å². The van der Waals surface area contributed by atoms with Crippen LogP contribution in [-0.2, 0) is 4.74 Å². The van der Waals surface area contributed by atoms with E-state index in [0.29, 0.717) is 61.1 Å². The number of morpholine rings is 1. The number of hydrogen-bond donors (Lipinski definition) is 1. The molecular formula is C23H25N7O3S. The number of hydrogen-bond acceptors (Lipinski definition) is 9. The molecule has 2 aliphatic rings. The van der Waals surface area contributed by atoms with Crippen LogP contribution in [0, 0.1) is 0 Å². The molecule has 2 fully saturated rings. The van der Waals surface area contributed by atoms with Crippen molar-refractivity contribution in [2.24, 2.45) is 0 Å². The van der Waals surface area contributed by atoms with E-state index in [0.717, 1.165) is 23.3 Å². The first-order chi connectivity index (χ1) is 16.6. The summed E-state index contributed by atoms with van der Waals surface area (Å²) in [6.07, 6.45) is 0. The van der Waals surface area contributed by atoms with E-state index in [1.54, 1.807) is 6.07 Å². The lowest BCUT2D eigenvalue weighted by Gasteiger charge is -2.32. The quantitative estimate of drug-likeness (QED) is 0.468. The van der Waals surface area contributed by atoms with Gasteiger partial charge < -0.3 is 14.5 Å². The molecule has 1 amide bonds. The fourth-order valence-corrected chi connectivity index (χ4v) is 5.75. The fourth-order valence-electron chi connectivity index (χ4n) is 4.56. The molecule has 5 heterocycles. The van der Waals surface area contributed by atoms with Crippen LogP contribution in [-0.4, -0.2) is 89.9 Å². The number of rotatable bonds is 3. The molecule has 0 unspecified atom stereocenters. The molecule has 0 spiro atoms. The van der Waals surface area contributed by atoms with E-state index in [9.17, 15) is 9.59 Å². The van der Waals surface area contributed by atoms with E-state index in [1.807, 2.05) is 33.7 Å². The second kappa shape index (κ2) is 8.58. The number of aromatic nitrogens is 3. The third kappa shape index (κ3) is 3.61. The number of pyridine rings is 1. The van der Waals surface area contributed by atoms with Crippen LogP contribution in [0.1, 0.15) is 10.4 Å². The average Bonchev–Trinajstić information content (AvgIpc) is 3.25. The summed E-state index contributed by atoms with van der Waals surface area (Å²) in [6, 6.07) is 9.62. The number of para-hydroxylation sites is 1. The van der Waals surface area contributed by atoms with Crippen molar-refractivity contribution >= 4 is 49.1 Å². The third-order valence-electron chi connectivity index (χ3n) is 6.50. The van der Waals surface area contributed by atoms with Gasteiger partial charge in [-0.25, -0.2) is 5.01 Å². The highest BCUT2D eigenvalue weighted by atomic mass is 32.1. The molecule has 3 aromatic heterocycles. The van der Waals surface area contributed by atoms with Crippen LogP contribution >= 0.6 is 11.3 Å². The van der Waals surface area contributed by atoms with Gasteiger partial charge in [0.2, 0.25) is 5.43 Å². The summed E-state index contributed by atoms with van der Waals surface area (Å²) in [7, 11) is 2.06. The van der Waals surface area contributed by atoms with Crippen molar-refractivity contribution in [3.05, 3.63) is 46.1 Å². The number of ether oxygens (including phenoxy) is 1. The number of carbonyl (C=O) groups is 1. The zero-order valence-electron chi connectivity index (χ0n) is 18.9. The SMILES string of the molecule is CN1CCN(NC(=O)c2c(=O)c3cc(N4CCOCC4)nnc3n3c2sc2ccccc23)CC1. The number of anilines is 1. The molecule has 34 heavy (non-hydrogen) atoms. The first-order valence-corrected chi connectivity index (χ1v) is 12.2. The number of nitrogens with one attached hydrogen (secondary N) is 1. The maximum absolute atomic E-state index is 13.8. The van der Waals surface area contributed by atoms with Crippen LogP contribution in [0.15, 0.2) is 35.1 Å². The summed E-state index contributed by atoms with van der Waals surface area (Å²) in [6.45, 7) is 5.70. The lowest BCUT2D eigenvalue weighted by atomic mass is 10.2. The summed E-state index contributed by atoms with van der Waals surface area (Å²) < 4.78 is 8.31. The van der Waals surface area contributed by atoms with E-state index >= 15 is 0 Å². The smallest absolute Gasteiger partial charge is 0.272 e. The lowest BCUT2D eigenvalue weighted by Crippen LogP contribution is -2.53. The van der Waals surface area contributed by atoms with Gasteiger partial charge in [0.1, 0.15) is 10.4 Å². The van der Waals surface area contributed by atoms with Crippen LogP contribution < -0.4 is 15.8 Å². The number of hydrazine groups is 1. The molecule has 2 saturated heterocycles. The monoisotopic (exact) mass is 479 g/mol. The Hall–Kier alpha value is -3.12. The van der Waals surface area contributed by atoms with Gasteiger partial charge >= 0.3 is 0 Å². The Morgan fingerprint density at radius 1 is 1.06 bits per heavy atom. The Balaban J connectivity index is 1.53. The normalized spacial score (nSPS) is 18.2. The maximum Gasteiger partial charge on any atom is 0.272 e. The minimum atomic E-state index is -0.384. The minimum absolute atomic E-state index is 0.147. The number of carbonyl (C=O) groups excluding carboxylic acids is 1. The van der Waals surface area contributed by atoms with Crippen molar-refractivity contribution in [2.75, 3.05) is 64.4 Å². The summed E-state index contributed by atoms with van der Waals surface area (Å²) in [5, 5.41) is 11.2. The van der Waals surface area contributed by atoms with Gasteiger partial charge in [-0.2, -0.15) is 0 Å². The summed E-state index contributed by atoms with van der Waals surface area (Å²) in [5.74, 6) is 0.239. The number of piperazine rings is 1. The van der Waals surface area contributed by atoms with Crippen LogP contribution in [0.5, 0.6) is 0 Å². The number of thiazole rings is 1. The van der Waals surface area contributed by atoms with Gasteiger partial charge in [-0.1, -0.05) is 12.1 Å². The molecule has 10 nitrogen and oxygen atoms in total. The van der Waals surface area contributed by atoms with Crippen molar-refractivity contribution in [2.45, 2.75) is 0 Å². The Morgan fingerprint density at radius 2 is 1.82 bits per heavy atom. The minimum Gasteiger partial charge on any atom is -0.378 e. The molecule has 0 saturated carbocycles. The van der Waals surface area contributed by atoms with Gasteiger partial charge in [0.25, 0.3) is 5.91 Å². The summed E-state index contributed by atoms with van der Waals surface area (Å²) >= 11 is 1.42. The molecule has 4 aromatic rings. The van der Waals surface area contributed by atoms with Gasteiger partial charge in [-0.15, -0.1) is 21.5 Å². The Bertz CT molecular complexity index is 1450. The molecule has 1 aromatic carbocycles. The number of benzene rings is 1. The molecular weight excluding hydrogens is 454 g/mol. The van der Waals surface area contributed by atoms with Crippen molar-refractivity contribution < 1.29 is 9.53 Å². The zero-order chi connectivity index (χ0) is 23.2. The van der Waals surface area contributed by atoms with E-state index < -0.39 is 0 Å². The first kappa shape index (κ1) is 21.4. The average molecular weight is 480 g/mol. The molecule has 0 radical (unpaired) electrons. The van der Waals surface area contributed by atoms with Crippen molar-refractivity contribution in [3.8, 4) is 0 Å². The largest absolute Gasteiger partial charge is 0.378 e. The molecule has 176 valence electrons. The number of fused-ring (bicyclic) bond motifs is 5. The highest BCUT2D eigenvalue weighted by Gasteiger charge is 2.26. The first-order valence-electron chi connectivity index (χ1n) is 11.4. The third-order valence-corrected chi connectivity index (χ3v) is 7.65. The number of likely N-dealkylation sites (N-methyl/N-ethyl adjacent to an activating group) is 1. The van der Waals surface area contributed by atoms with Crippen LogP contribution in [0.3, 0.4) is 0 Å². The second-order valence-electron chi connectivity index (χ2n) is 8.68. The Labute approximate surface area is 199 Å². The summed E-state index contributed by atoms with van der Waals surface area (Å²) in [4.78, 5) is 32.1. The number of nitrogens with zero attached hydrogens (tertiary/aromatic N) is 6. The zero-order valence-corrected chi connectivity index (χ0v) is 19.7. The molecule has 11 heteroatoms. The van der Waals surface area contributed by atoms with Gasteiger partial charge in [-0.3, -0.25) is 19.4 Å². The molecule has 0 bridgehead atoms. The second-order valence-corrected chi connectivity index (χ2v) is 9.72. The van der Waals surface area contributed by atoms with Crippen LogP contribution in [0.25, 0.3) is 26.1 Å². The van der Waals surface area contributed by atoms with E-state index in [1.165, 1.54) is 11.3 Å². The molecule has 0 aliphatic carbocycles. The fraction of sp³-hybridized carbons (Fsp3) is 0.391. The molecule has 6 rings (SSSR count). The van der Waals surface area contributed by atoms with Gasteiger partial charge in [0.05, 0.1) is 28.8 Å². The van der Waals surface area contributed by atoms with Gasteiger partial charge in [-0.05, 0) is 25.2 Å². The van der Waals surface area contributed by atoms with E-state index in [-0.39, 0.29) is 16.9 Å². The molecule has 0 atom stereocenters. The molecule has 2 aliphatic heterocycles. The van der Waals surface area contributed by atoms with Crippen molar-refractivity contribution in [1.29, 1.82) is 0 Å². The lowest BCUT2D eigenvalue weighted by molar-refractivity contribution is 0.0663.